The van der Waals surface area contributed by atoms with Crippen molar-refractivity contribution in [1.29, 1.82) is 0 Å². The average Bonchev–Trinajstić information content (AvgIpc) is 2.16. The number of nitrogens with zero attached hydrogens (tertiary/aromatic N) is 1. The van der Waals surface area contributed by atoms with Crippen LogP contribution in [0.4, 0.5) is 10.1 Å². The molecule has 13 heavy (non-hydrogen) atoms. The van der Waals surface area contributed by atoms with Gasteiger partial charge in [0.05, 0.1) is 12.8 Å². The lowest BCUT2D eigenvalue weighted by Crippen LogP contribution is -2.16. The van der Waals surface area contributed by atoms with Crippen molar-refractivity contribution in [2.75, 3.05) is 25.6 Å². The van der Waals surface area contributed by atoms with Crippen molar-refractivity contribution in [1.82, 2.24) is 0 Å². The minimum Gasteiger partial charge on any atom is -0.495 e. The van der Waals surface area contributed by atoms with Crippen molar-refractivity contribution in [3.8, 4) is 5.75 Å². The van der Waals surface area contributed by atoms with Crippen LogP contribution >= 0.6 is 0 Å². The van der Waals surface area contributed by atoms with Crippen molar-refractivity contribution in [3.05, 3.63) is 24.0 Å². The quantitative estimate of drug-likeness (QED) is 0.712. The first-order valence-electron chi connectivity index (χ1n) is 4.23. The van der Waals surface area contributed by atoms with E-state index >= 15 is 0 Å². The number of anilines is 1. The van der Waals surface area contributed by atoms with Crippen LogP contribution in [0.15, 0.2) is 18.2 Å². The van der Waals surface area contributed by atoms with Gasteiger partial charge in [-0.15, -0.1) is 0 Å². The molecule has 0 saturated heterocycles. The maximum Gasteiger partial charge on any atom is 0.142 e. The molecule has 0 spiro atoms. The minimum absolute atomic E-state index is 0.240. The summed E-state index contributed by atoms with van der Waals surface area (Å²) in [4.78, 5) is 1.93. The topological polar surface area (TPSA) is 12.5 Å². The van der Waals surface area contributed by atoms with E-state index in [1.54, 1.807) is 13.2 Å². The van der Waals surface area contributed by atoms with Crippen molar-refractivity contribution in [3.63, 3.8) is 0 Å². The number of benzene rings is 1. The van der Waals surface area contributed by atoms with Gasteiger partial charge in [-0.25, -0.2) is 4.39 Å². The molecule has 3 heteroatoms. The number of halogens is 1. The van der Waals surface area contributed by atoms with Gasteiger partial charge in [-0.2, -0.15) is 0 Å². The molecule has 72 valence electrons. The summed E-state index contributed by atoms with van der Waals surface area (Å²) < 4.78 is 18.0. The predicted octanol–water partition coefficient (Wildman–Crippen LogP) is 2.29. The van der Waals surface area contributed by atoms with Gasteiger partial charge in [-0.05, 0) is 19.1 Å². The standard InChI is InChI=1S/C10H14FNO/c1-4-12(2)9-7-8(11)5-6-10(9)13-3/h5-7H,4H2,1-3H3. The Morgan fingerprint density at radius 1 is 1.46 bits per heavy atom. The van der Waals surface area contributed by atoms with Crippen LogP contribution in [0.3, 0.4) is 0 Å². The summed E-state index contributed by atoms with van der Waals surface area (Å²) >= 11 is 0. The summed E-state index contributed by atoms with van der Waals surface area (Å²) in [6, 6.07) is 4.50. The lowest BCUT2D eigenvalue weighted by atomic mass is 10.2. The molecular weight excluding hydrogens is 169 g/mol. The third-order valence-electron chi connectivity index (χ3n) is 2.03. The van der Waals surface area contributed by atoms with Gasteiger partial charge in [0, 0.05) is 19.7 Å². The monoisotopic (exact) mass is 183 g/mol. The molecule has 0 saturated carbocycles. The highest BCUT2D eigenvalue weighted by Gasteiger charge is 2.07. The van der Waals surface area contributed by atoms with Gasteiger partial charge in [0.25, 0.3) is 0 Å². The fraction of sp³-hybridized carbons (Fsp3) is 0.400. The molecule has 0 aliphatic rings. The maximum absolute atomic E-state index is 12.9. The molecule has 0 aliphatic carbocycles. The van der Waals surface area contributed by atoms with Gasteiger partial charge in [-0.1, -0.05) is 0 Å². The zero-order valence-corrected chi connectivity index (χ0v) is 8.17. The molecule has 1 aromatic rings. The molecule has 0 unspecified atom stereocenters. The van der Waals surface area contributed by atoms with E-state index in [0.29, 0.717) is 5.75 Å². The van der Waals surface area contributed by atoms with Crippen LogP contribution in [0.5, 0.6) is 5.75 Å². The lowest BCUT2D eigenvalue weighted by Gasteiger charge is -2.19. The largest absolute Gasteiger partial charge is 0.495 e. The second-order valence-corrected chi connectivity index (χ2v) is 2.83. The van der Waals surface area contributed by atoms with Gasteiger partial charge in [0.15, 0.2) is 0 Å². The zero-order valence-electron chi connectivity index (χ0n) is 8.17. The molecule has 2 nitrogen and oxygen atoms in total. The fourth-order valence-electron chi connectivity index (χ4n) is 1.13. The molecule has 0 heterocycles. The molecule has 0 radical (unpaired) electrons. The number of hydrogen-bond donors (Lipinski definition) is 0. The van der Waals surface area contributed by atoms with Crippen LogP contribution < -0.4 is 9.64 Å². The van der Waals surface area contributed by atoms with Crippen LogP contribution in [0.2, 0.25) is 0 Å². The van der Waals surface area contributed by atoms with Crippen LogP contribution in [0.1, 0.15) is 6.92 Å². The number of rotatable bonds is 3. The van der Waals surface area contributed by atoms with E-state index < -0.39 is 0 Å². The summed E-state index contributed by atoms with van der Waals surface area (Å²) in [6.45, 7) is 2.82. The highest BCUT2D eigenvalue weighted by Crippen LogP contribution is 2.27. The van der Waals surface area contributed by atoms with Gasteiger partial charge in [-0.3, -0.25) is 0 Å². The lowest BCUT2D eigenvalue weighted by molar-refractivity contribution is 0.414. The summed E-state index contributed by atoms with van der Waals surface area (Å²) in [5, 5.41) is 0. The number of hydrogen-bond acceptors (Lipinski definition) is 2. The molecular formula is C10H14FNO. The Balaban J connectivity index is 3.07. The average molecular weight is 183 g/mol. The Hall–Kier alpha value is -1.25. The molecule has 0 amide bonds. The summed E-state index contributed by atoms with van der Waals surface area (Å²) in [7, 11) is 3.48. The Morgan fingerprint density at radius 3 is 2.69 bits per heavy atom. The first-order chi connectivity index (χ1) is 6.19. The Kier molecular flexibility index (Phi) is 3.12. The van der Waals surface area contributed by atoms with Crippen LogP contribution in [0, 0.1) is 5.82 Å². The third-order valence-corrected chi connectivity index (χ3v) is 2.03. The Morgan fingerprint density at radius 2 is 2.15 bits per heavy atom. The van der Waals surface area contributed by atoms with E-state index in [4.69, 9.17) is 4.74 Å². The normalized spacial score (nSPS) is 9.85. The second kappa shape index (κ2) is 4.12. The third kappa shape index (κ3) is 2.11. The van der Waals surface area contributed by atoms with Crippen LogP contribution in [-0.2, 0) is 0 Å². The molecule has 1 rings (SSSR count). The zero-order chi connectivity index (χ0) is 9.84. The second-order valence-electron chi connectivity index (χ2n) is 2.83. The van der Waals surface area contributed by atoms with Crippen molar-refractivity contribution < 1.29 is 9.13 Å². The Bertz CT molecular complexity index is 288. The summed E-state index contributed by atoms with van der Waals surface area (Å²) in [6.07, 6.45) is 0. The molecule has 0 bridgehead atoms. The molecule has 0 aromatic heterocycles. The van der Waals surface area contributed by atoms with E-state index in [1.807, 2.05) is 18.9 Å². The van der Waals surface area contributed by atoms with Gasteiger partial charge < -0.3 is 9.64 Å². The van der Waals surface area contributed by atoms with Crippen LogP contribution in [0.25, 0.3) is 0 Å². The number of ether oxygens (including phenoxy) is 1. The predicted molar refractivity (Wildman–Crippen MR) is 51.9 cm³/mol. The highest BCUT2D eigenvalue weighted by molar-refractivity contribution is 5.58. The van der Waals surface area contributed by atoms with E-state index in [0.717, 1.165) is 12.2 Å². The molecule has 0 fully saturated rings. The molecule has 0 N–H and O–H groups in total. The maximum atomic E-state index is 12.9. The molecule has 0 atom stereocenters. The van der Waals surface area contributed by atoms with Crippen molar-refractivity contribution in [2.45, 2.75) is 6.92 Å². The van der Waals surface area contributed by atoms with Crippen molar-refractivity contribution in [2.24, 2.45) is 0 Å². The van der Waals surface area contributed by atoms with Gasteiger partial charge >= 0.3 is 0 Å². The first kappa shape index (κ1) is 9.84. The van der Waals surface area contributed by atoms with Crippen LogP contribution in [-0.4, -0.2) is 20.7 Å². The molecule has 0 aliphatic heterocycles. The summed E-state index contributed by atoms with van der Waals surface area (Å²) in [5.74, 6) is 0.460. The molecule has 1 aromatic carbocycles. The number of methoxy groups -OCH3 is 1. The minimum atomic E-state index is -0.240. The Labute approximate surface area is 77.9 Å². The SMILES string of the molecule is CCN(C)c1cc(F)ccc1OC. The van der Waals surface area contributed by atoms with Gasteiger partial charge in [0.2, 0.25) is 0 Å². The van der Waals surface area contributed by atoms with E-state index in [-0.39, 0.29) is 5.82 Å². The van der Waals surface area contributed by atoms with Crippen molar-refractivity contribution >= 4 is 5.69 Å². The fourth-order valence-corrected chi connectivity index (χ4v) is 1.13. The smallest absolute Gasteiger partial charge is 0.142 e. The highest BCUT2D eigenvalue weighted by atomic mass is 19.1. The summed E-state index contributed by atoms with van der Waals surface area (Å²) in [5.41, 5.74) is 0.782. The first-order valence-corrected chi connectivity index (χ1v) is 4.23. The van der Waals surface area contributed by atoms with Gasteiger partial charge in [0.1, 0.15) is 11.6 Å². The van der Waals surface area contributed by atoms with E-state index in [1.165, 1.54) is 12.1 Å². The van der Waals surface area contributed by atoms with E-state index in [9.17, 15) is 4.39 Å². The van der Waals surface area contributed by atoms with E-state index in [2.05, 4.69) is 0 Å².